The molecule has 23 heavy (non-hydrogen) atoms. The normalized spacial score (nSPS) is 10.7. The molecule has 2 aromatic carbocycles. The fourth-order valence-corrected chi connectivity index (χ4v) is 2.69. The van der Waals surface area contributed by atoms with Crippen LogP contribution in [0.1, 0.15) is 48.2 Å². The number of rotatable bonds is 6. The van der Waals surface area contributed by atoms with Crippen LogP contribution in [-0.4, -0.2) is 12.5 Å². The fourth-order valence-electron chi connectivity index (χ4n) is 2.33. The second-order valence-corrected chi connectivity index (χ2v) is 6.71. The molecule has 3 nitrogen and oxygen atoms in total. The van der Waals surface area contributed by atoms with E-state index in [2.05, 4.69) is 64.7 Å². The lowest BCUT2D eigenvalue weighted by Crippen LogP contribution is -2.23. The summed E-state index contributed by atoms with van der Waals surface area (Å²) in [6.45, 7) is 7.59. The van der Waals surface area contributed by atoms with Gasteiger partial charge in [-0.05, 0) is 42.2 Å². The van der Waals surface area contributed by atoms with Crippen molar-refractivity contribution in [2.45, 2.75) is 33.2 Å². The van der Waals surface area contributed by atoms with E-state index in [0.717, 1.165) is 10.2 Å². The van der Waals surface area contributed by atoms with Crippen LogP contribution in [0.2, 0.25) is 0 Å². The van der Waals surface area contributed by atoms with Gasteiger partial charge in [-0.3, -0.25) is 4.79 Å². The highest BCUT2D eigenvalue weighted by atomic mass is 79.9. The van der Waals surface area contributed by atoms with Gasteiger partial charge in [0.05, 0.1) is 5.56 Å². The van der Waals surface area contributed by atoms with Gasteiger partial charge >= 0.3 is 0 Å². The van der Waals surface area contributed by atoms with Gasteiger partial charge in [-0.15, -0.1) is 0 Å². The molecule has 2 N–H and O–H groups in total. The Morgan fingerprint density at radius 2 is 1.83 bits per heavy atom. The zero-order valence-electron chi connectivity index (χ0n) is 13.8. The Bertz CT molecular complexity index is 666. The number of hydrogen-bond donors (Lipinski definition) is 2. The molecule has 2 rings (SSSR count). The van der Waals surface area contributed by atoms with Crippen molar-refractivity contribution in [3.63, 3.8) is 0 Å². The Morgan fingerprint density at radius 1 is 1.13 bits per heavy atom. The van der Waals surface area contributed by atoms with Crippen LogP contribution in [0.5, 0.6) is 0 Å². The number of benzene rings is 2. The highest BCUT2D eigenvalue weighted by Crippen LogP contribution is 2.22. The molecule has 1 amide bonds. The minimum atomic E-state index is -0.0635. The summed E-state index contributed by atoms with van der Waals surface area (Å²) in [6, 6.07) is 14.3. The molecule has 0 aliphatic carbocycles. The second-order valence-electron chi connectivity index (χ2n) is 5.80. The minimum Gasteiger partial charge on any atom is -0.380 e. The van der Waals surface area contributed by atoms with Gasteiger partial charge < -0.3 is 10.6 Å². The minimum absolute atomic E-state index is 0.0635. The molecule has 0 radical (unpaired) electrons. The van der Waals surface area contributed by atoms with E-state index < -0.39 is 0 Å². The topological polar surface area (TPSA) is 41.1 Å². The van der Waals surface area contributed by atoms with E-state index in [0.29, 0.717) is 24.6 Å². The molecule has 2 aromatic rings. The number of amides is 1. The molecule has 122 valence electrons. The van der Waals surface area contributed by atoms with Crippen LogP contribution in [0.25, 0.3) is 0 Å². The van der Waals surface area contributed by atoms with E-state index >= 15 is 0 Å². The molecule has 0 fully saturated rings. The van der Waals surface area contributed by atoms with Crippen LogP contribution < -0.4 is 10.6 Å². The third kappa shape index (κ3) is 4.83. The van der Waals surface area contributed by atoms with Gasteiger partial charge in [0.15, 0.2) is 0 Å². The number of carbonyl (C=O) groups is 1. The lowest BCUT2D eigenvalue weighted by molar-refractivity contribution is 0.0956. The molecule has 0 aliphatic heterocycles. The van der Waals surface area contributed by atoms with Crippen LogP contribution in [0.15, 0.2) is 46.9 Å². The van der Waals surface area contributed by atoms with Gasteiger partial charge in [-0.1, -0.05) is 54.0 Å². The second kappa shape index (κ2) is 8.16. The van der Waals surface area contributed by atoms with E-state index in [4.69, 9.17) is 0 Å². The average molecular weight is 375 g/mol. The predicted octanol–water partition coefficient (Wildman–Crippen LogP) is 4.93. The summed E-state index contributed by atoms with van der Waals surface area (Å²) in [7, 11) is 0. The van der Waals surface area contributed by atoms with E-state index in [1.807, 2.05) is 25.1 Å². The molecule has 0 saturated carbocycles. The molecular formula is C19H23BrN2O. The molecule has 0 aromatic heterocycles. The third-order valence-corrected chi connectivity index (χ3v) is 4.19. The summed E-state index contributed by atoms with van der Waals surface area (Å²) >= 11 is 3.43. The monoisotopic (exact) mass is 374 g/mol. The molecule has 0 saturated heterocycles. The smallest absolute Gasteiger partial charge is 0.253 e. The summed E-state index contributed by atoms with van der Waals surface area (Å²) in [5.41, 5.74) is 4.02. The van der Waals surface area contributed by atoms with Gasteiger partial charge in [0, 0.05) is 23.2 Å². The summed E-state index contributed by atoms with van der Waals surface area (Å²) in [4.78, 5) is 12.2. The maximum absolute atomic E-state index is 12.2. The van der Waals surface area contributed by atoms with Crippen molar-refractivity contribution in [1.29, 1.82) is 0 Å². The first-order chi connectivity index (χ1) is 11.0. The number of nitrogens with one attached hydrogen (secondary N) is 2. The third-order valence-electron chi connectivity index (χ3n) is 3.69. The van der Waals surface area contributed by atoms with Crippen molar-refractivity contribution in [1.82, 2.24) is 5.32 Å². The van der Waals surface area contributed by atoms with Crippen molar-refractivity contribution in [3.05, 3.63) is 63.6 Å². The molecule has 0 heterocycles. The molecule has 0 unspecified atom stereocenters. The predicted molar refractivity (Wildman–Crippen MR) is 100 cm³/mol. The van der Waals surface area contributed by atoms with E-state index in [9.17, 15) is 4.79 Å². The first-order valence-corrected chi connectivity index (χ1v) is 8.71. The molecule has 0 atom stereocenters. The number of hydrogen-bond acceptors (Lipinski definition) is 2. The zero-order valence-corrected chi connectivity index (χ0v) is 15.4. The van der Waals surface area contributed by atoms with Gasteiger partial charge in [-0.2, -0.15) is 0 Å². The summed E-state index contributed by atoms with van der Waals surface area (Å²) < 4.78 is 0.894. The Balaban J connectivity index is 2.12. The van der Waals surface area contributed by atoms with E-state index in [-0.39, 0.29) is 5.91 Å². The molecule has 4 heteroatoms. The lowest BCUT2D eigenvalue weighted by atomic mass is 10.0. The highest BCUT2D eigenvalue weighted by molar-refractivity contribution is 9.10. The summed E-state index contributed by atoms with van der Waals surface area (Å²) in [6.07, 6.45) is 0. The van der Waals surface area contributed by atoms with Crippen LogP contribution in [0.4, 0.5) is 5.69 Å². The van der Waals surface area contributed by atoms with Crippen molar-refractivity contribution in [3.8, 4) is 0 Å². The summed E-state index contributed by atoms with van der Waals surface area (Å²) in [5.74, 6) is 0.472. The largest absolute Gasteiger partial charge is 0.380 e. The molecule has 0 aliphatic rings. The van der Waals surface area contributed by atoms with Crippen molar-refractivity contribution < 1.29 is 4.79 Å². The molecular weight excluding hydrogens is 352 g/mol. The Kier molecular flexibility index (Phi) is 6.22. The number of halogens is 1. The standard InChI is InChI=1S/C19H23BrN2O/c1-4-21-19(23)17-11-16(20)9-10-18(17)22-12-14-5-7-15(8-6-14)13(2)3/h5-11,13,22H,4,12H2,1-3H3,(H,21,23). The van der Waals surface area contributed by atoms with Crippen molar-refractivity contribution in [2.75, 3.05) is 11.9 Å². The Hall–Kier alpha value is -1.81. The maximum atomic E-state index is 12.2. The first kappa shape index (κ1) is 17.5. The molecule has 0 bridgehead atoms. The highest BCUT2D eigenvalue weighted by Gasteiger charge is 2.11. The summed E-state index contributed by atoms with van der Waals surface area (Å²) in [5, 5.41) is 6.21. The zero-order chi connectivity index (χ0) is 16.8. The fraction of sp³-hybridized carbons (Fsp3) is 0.316. The van der Waals surface area contributed by atoms with Crippen molar-refractivity contribution >= 4 is 27.5 Å². The number of carbonyl (C=O) groups excluding carboxylic acids is 1. The van der Waals surface area contributed by atoms with Gasteiger partial charge in [-0.25, -0.2) is 0 Å². The van der Waals surface area contributed by atoms with E-state index in [1.54, 1.807) is 0 Å². The van der Waals surface area contributed by atoms with Crippen molar-refractivity contribution in [2.24, 2.45) is 0 Å². The lowest BCUT2D eigenvalue weighted by Gasteiger charge is -2.13. The van der Waals surface area contributed by atoms with Crippen LogP contribution in [-0.2, 0) is 6.54 Å². The Morgan fingerprint density at radius 3 is 2.43 bits per heavy atom. The van der Waals surface area contributed by atoms with Gasteiger partial charge in [0.1, 0.15) is 0 Å². The average Bonchev–Trinajstić information content (AvgIpc) is 2.54. The van der Waals surface area contributed by atoms with E-state index in [1.165, 1.54) is 11.1 Å². The SMILES string of the molecule is CCNC(=O)c1cc(Br)ccc1NCc1ccc(C(C)C)cc1. The number of anilines is 1. The van der Waals surface area contributed by atoms with Crippen LogP contribution in [0, 0.1) is 0 Å². The molecule has 0 spiro atoms. The first-order valence-electron chi connectivity index (χ1n) is 7.91. The van der Waals surface area contributed by atoms with Gasteiger partial charge in [0.25, 0.3) is 5.91 Å². The van der Waals surface area contributed by atoms with Crippen LogP contribution in [0.3, 0.4) is 0 Å². The van der Waals surface area contributed by atoms with Gasteiger partial charge in [0.2, 0.25) is 0 Å². The maximum Gasteiger partial charge on any atom is 0.253 e. The quantitative estimate of drug-likeness (QED) is 0.751. The Labute approximate surface area is 146 Å². The van der Waals surface area contributed by atoms with Crippen LogP contribution >= 0.6 is 15.9 Å².